The highest BCUT2D eigenvalue weighted by Crippen LogP contribution is 2.27. The van der Waals surface area contributed by atoms with Crippen molar-refractivity contribution in [3.8, 4) is 16.8 Å². The number of thiophene rings is 1. The lowest BCUT2D eigenvalue weighted by Gasteiger charge is -2.05. The second-order valence-corrected chi connectivity index (χ2v) is 6.30. The van der Waals surface area contributed by atoms with Crippen LogP contribution < -0.4 is 5.73 Å². The molecule has 0 saturated carbocycles. The Morgan fingerprint density at radius 2 is 2.32 bits per heavy atom. The quantitative estimate of drug-likeness (QED) is 0.495. The molecule has 0 spiro atoms. The van der Waals surface area contributed by atoms with Crippen molar-refractivity contribution in [2.45, 2.75) is 25.5 Å². The molecule has 0 aromatic carbocycles. The summed E-state index contributed by atoms with van der Waals surface area (Å²) in [7, 11) is 0. The zero-order valence-corrected chi connectivity index (χ0v) is 13.9. The molecule has 0 bridgehead atoms. The first-order chi connectivity index (χ1) is 10.6. The smallest absolute Gasteiger partial charge is 0.191 e. The van der Waals surface area contributed by atoms with Gasteiger partial charge in [0, 0.05) is 12.2 Å². The van der Waals surface area contributed by atoms with E-state index in [0.717, 1.165) is 10.7 Å². The standard InChI is InChI=1S/C14H15N5OS2/c1-3-19-13(12-5-4-6-21-12)17-18-14(19)22-8-11(20)10(7-15)9(2)16/h4-6H,3,8,16H2,1-2H3. The number of ketones is 1. The van der Waals surface area contributed by atoms with E-state index in [0.29, 0.717) is 11.7 Å². The van der Waals surface area contributed by atoms with E-state index in [1.807, 2.05) is 35.1 Å². The minimum atomic E-state index is -0.296. The van der Waals surface area contributed by atoms with Crippen molar-refractivity contribution in [3.05, 3.63) is 28.8 Å². The number of nitrogens with zero attached hydrogens (tertiary/aromatic N) is 4. The normalized spacial score (nSPS) is 11.9. The number of nitriles is 1. The SMILES string of the molecule is CCn1c(SCC(=O)C(C#N)=C(C)N)nnc1-c1cccs1. The molecule has 114 valence electrons. The van der Waals surface area contributed by atoms with Crippen molar-refractivity contribution in [3.63, 3.8) is 0 Å². The first-order valence-corrected chi connectivity index (χ1v) is 8.44. The second kappa shape index (κ2) is 7.24. The second-order valence-electron chi connectivity index (χ2n) is 4.41. The van der Waals surface area contributed by atoms with Crippen LogP contribution in [-0.4, -0.2) is 26.3 Å². The summed E-state index contributed by atoms with van der Waals surface area (Å²) in [4.78, 5) is 13.0. The summed E-state index contributed by atoms with van der Waals surface area (Å²) < 4.78 is 1.95. The van der Waals surface area contributed by atoms with E-state index >= 15 is 0 Å². The molecule has 0 atom stereocenters. The number of carbonyl (C=O) groups excluding carboxylic acids is 1. The monoisotopic (exact) mass is 333 g/mol. The molecule has 0 aliphatic heterocycles. The number of hydrogen-bond acceptors (Lipinski definition) is 7. The van der Waals surface area contributed by atoms with Gasteiger partial charge >= 0.3 is 0 Å². The van der Waals surface area contributed by atoms with E-state index in [1.54, 1.807) is 18.3 Å². The van der Waals surface area contributed by atoms with Crippen molar-refractivity contribution in [1.29, 1.82) is 5.26 Å². The Balaban J connectivity index is 2.17. The molecule has 0 unspecified atom stereocenters. The maximum absolute atomic E-state index is 12.0. The third-order valence-corrected chi connectivity index (χ3v) is 4.72. The lowest BCUT2D eigenvalue weighted by molar-refractivity contribution is -0.112. The minimum Gasteiger partial charge on any atom is -0.401 e. The summed E-state index contributed by atoms with van der Waals surface area (Å²) in [5.41, 5.74) is 5.78. The number of rotatable bonds is 6. The summed E-state index contributed by atoms with van der Waals surface area (Å²) in [6.45, 7) is 4.25. The average molecular weight is 333 g/mol. The molecule has 0 aliphatic carbocycles. The Morgan fingerprint density at radius 1 is 1.55 bits per heavy atom. The molecule has 2 aromatic heterocycles. The van der Waals surface area contributed by atoms with Gasteiger partial charge in [0.25, 0.3) is 0 Å². The molecule has 0 radical (unpaired) electrons. The van der Waals surface area contributed by atoms with Crippen LogP contribution in [0.15, 0.2) is 33.9 Å². The van der Waals surface area contributed by atoms with E-state index in [4.69, 9.17) is 11.0 Å². The van der Waals surface area contributed by atoms with E-state index in [2.05, 4.69) is 10.2 Å². The van der Waals surface area contributed by atoms with Crippen LogP contribution in [0.2, 0.25) is 0 Å². The van der Waals surface area contributed by atoms with Gasteiger partial charge in [0.2, 0.25) is 0 Å². The molecule has 0 saturated heterocycles. The predicted molar refractivity (Wildman–Crippen MR) is 87.2 cm³/mol. The summed E-state index contributed by atoms with van der Waals surface area (Å²) in [5, 5.41) is 19.9. The Hall–Kier alpha value is -2.11. The highest BCUT2D eigenvalue weighted by molar-refractivity contribution is 7.99. The lowest BCUT2D eigenvalue weighted by Crippen LogP contribution is -2.11. The number of hydrogen-bond donors (Lipinski definition) is 1. The Morgan fingerprint density at radius 3 is 2.86 bits per heavy atom. The van der Waals surface area contributed by atoms with Crippen LogP contribution in [0.5, 0.6) is 0 Å². The lowest BCUT2D eigenvalue weighted by atomic mass is 10.2. The molecule has 22 heavy (non-hydrogen) atoms. The fourth-order valence-corrected chi connectivity index (χ4v) is 3.43. The zero-order valence-electron chi connectivity index (χ0n) is 12.2. The number of aromatic nitrogens is 3. The largest absolute Gasteiger partial charge is 0.401 e. The Bertz CT molecular complexity index is 736. The summed E-state index contributed by atoms with van der Waals surface area (Å²) >= 11 is 2.85. The van der Waals surface area contributed by atoms with Crippen molar-refractivity contribution in [1.82, 2.24) is 14.8 Å². The number of carbonyl (C=O) groups is 1. The molecule has 6 nitrogen and oxygen atoms in total. The molecular weight excluding hydrogens is 318 g/mol. The minimum absolute atomic E-state index is 0.00791. The number of thioether (sulfide) groups is 1. The topological polar surface area (TPSA) is 97.6 Å². The fourth-order valence-electron chi connectivity index (χ4n) is 1.84. The van der Waals surface area contributed by atoms with Crippen LogP contribution in [0.3, 0.4) is 0 Å². The zero-order chi connectivity index (χ0) is 16.1. The maximum Gasteiger partial charge on any atom is 0.191 e. The molecule has 2 heterocycles. The van der Waals surface area contributed by atoms with Crippen LogP contribution in [0.25, 0.3) is 10.7 Å². The Labute approximate surface area is 136 Å². The molecular formula is C14H15N5OS2. The van der Waals surface area contributed by atoms with E-state index in [1.165, 1.54) is 11.8 Å². The van der Waals surface area contributed by atoms with Gasteiger partial charge in [-0.05, 0) is 25.3 Å². The highest BCUT2D eigenvalue weighted by Gasteiger charge is 2.17. The van der Waals surface area contributed by atoms with E-state index < -0.39 is 0 Å². The van der Waals surface area contributed by atoms with Gasteiger partial charge in [-0.3, -0.25) is 4.79 Å². The van der Waals surface area contributed by atoms with Gasteiger partial charge < -0.3 is 10.3 Å². The average Bonchev–Trinajstić information content (AvgIpc) is 3.13. The van der Waals surface area contributed by atoms with Gasteiger partial charge in [0.05, 0.1) is 10.6 Å². The molecule has 0 amide bonds. The molecule has 0 aliphatic rings. The van der Waals surface area contributed by atoms with Gasteiger partial charge in [-0.15, -0.1) is 21.5 Å². The third kappa shape index (κ3) is 3.37. The number of allylic oxidation sites excluding steroid dienone is 2. The van der Waals surface area contributed by atoms with Crippen LogP contribution >= 0.6 is 23.1 Å². The number of Topliss-reactive ketones (excluding diaryl/α,β-unsaturated/α-hetero) is 1. The first-order valence-electron chi connectivity index (χ1n) is 6.58. The fraction of sp³-hybridized carbons (Fsp3) is 0.286. The summed E-state index contributed by atoms with van der Waals surface area (Å²) in [6.07, 6.45) is 0. The van der Waals surface area contributed by atoms with Crippen LogP contribution in [0.1, 0.15) is 13.8 Å². The van der Waals surface area contributed by atoms with Gasteiger partial charge in [0.15, 0.2) is 16.8 Å². The highest BCUT2D eigenvalue weighted by atomic mass is 32.2. The molecule has 2 rings (SSSR count). The summed E-state index contributed by atoms with van der Waals surface area (Å²) in [5.74, 6) is 0.606. The van der Waals surface area contributed by atoms with Gasteiger partial charge in [-0.1, -0.05) is 17.8 Å². The maximum atomic E-state index is 12.0. The summed E-state index contributed by atoms with van der Waals surface area (Å²) in [6, 6.07) is 5.78. The molecule has 0 fully saturated rings. The van der Waals surface area contributed by atoms with E-state index in [-0.39, 0.29) is 22.8 Å². The van der Waals surface area contributed by atoms with E-state index in [9.17, 15) is 4.79 Å². The third-order valence-electron chi connectivity index (χ3n) is 2.89. The Kier molecular flexibility index (Phi) is 5.35. The van der Waals surface area contributed by atoms with Gasteiger partial charge in [-0.25, -0.2) is 0 Å². The van der Waals surface area contributed by atoms with Crippen LogP contribution in [0, 0.1) is 11.3 Å². The number of nitrogens with two attached hydrogens (primary N) is 1. The molecule has 2 aromatic rings. The van der Waals surface area contributed by atoms with Crippen LogP contribution in [0.4, 0.5) is 0 Å². The van der Waals surface area contributed by atoms with Crippen molar-refractivity contribution in [2.75, 3.05) is 5.75 Å². The van der Waals surface area contributed by atoms with Gasteiger partial charge in [0.1, 0.15) is 11.6 Å². The molecule has 8 heteroatoms. The predicted octanol–water partition coefficient (Wildman–Crippen LogP) is 2.44. The van der Waals surface area contributed by atoms with Crippen molar-refractivity contribution < 1.29 is 4.79 Å². The van der Waals surface area contributed by atoms with Crippen molar-refractivity contribution in [2.24, 2.45) is 5.73 Å². The van der Waals surface area contributed by atoms with Crippen LogP contribution in [-0.2, 0) is 11.3 Å². The van der Waals surface area contributed by atoms with Crippen molar-refractivity contribution >= 4 is 28.9 Å². The molecule has 2 N–H and O–H groups in total. The first kappa shape index (κ1) is 16.3. The van der Waals surface area contributed by atoms with Gasteiger partial charge in [-0.2, -0.15) is 5.26 Å².